The number of ether oxygens (including phenoxy) is 1. The molecule has 0 spiro atoms. The van der Waals surface area contributed by atoms with Crippen molar-refractivity contribution in [3.05, 3.63) is 35.5 Å². The molecule has 4 nitrogen and oxygen atoms in total. The van der Waals surface area contributed by atoms with Crippen LogP contribution in [-0.4, -0.2) is 21.2 Å². The van der Waals surface area contributed by atoms with Crippen LogP contribution in [0.1, 0.15) is 11.9 Å². The van der Waals surface area contributed by atoms with E-state index in [-0.39, 0.29) is 5.75 Å². The third-order valence-corrected chi connectivity index (χ3v) is 3.81. The van der Waals surface area contributed by atoms with Gasteiger partial charge in [-0.15, -0.1) is 0 Å². The lowest BCUT2D eigenvalue weighted by Gasteiger charge is -2.05. The van der Waals surface area contributed by atoms with Crippen molar-refractivity contribution in [1.29, 1.82) is 0 Å². The minimum atomic E-state index is -2.83. The minimum Gasteiger partial charge on any atom is -0.435 e. The van der Waals surface area contributed by atoms with Gasteiger partial charge in [-0.05, 0) is 18.6 Å². The lowest BCUT2D eigenvalue weighted by atomic mass is 10.1. The summed E-state index contributed by atoms with van der Waals surface area (Å²) >= 11 is 1.52. The van der Waals surface area contributed by atoms with E-state index in [4.69, 9.17) is 0 Å². The van der Waals surface area contributed by atoms with Crippen LogP contribution in [0.15, 0.2) is 30.5 Å². The summed E-state index contributed by atoms with van der Waals surface area (Å²) in [7, 11) is 0. The summed E-state index contributed by atoms with van der Waals surface area (Å²) in [6.07, 6.45) is 2.65. The number of halogens is 2. The van der Waals surface area contributed by atoms with Crippen molar-refractivity contribution in [3.63, 3.8) is 0 Å². The molecule has 0 aliphatic rings. The Morgan fingerprint density at radius 1 is 1.40 bits per heavy atom. The molecule has 0 radical (unpaired) electrons. The number of imidazole rings is 1. The SMILES string of the molecule is CCc1nn2cc(-c3cccc(OC(F)F)c3)nc2s1. The fourth-order valence-electron chi connectivity index (χ4n) is 1.85. The second kappa shape index (κ2) is 5.16. The van der Waals surface area contributed by atoms with E-state index in [0.29, 0.717) is 5.69 Å². The molecule has 7 heteroatoms. The highest BCUT2D eigenvalue weighted by molar-refractivity contribution is 7.16. The van der Waals surface area contributed by atoms with Crippen molar-refractivity contribution in [2.75, 3.05) is 0 Å². The topological polar surface area (TPSA) is 39.4 Å². The predicted molar refractivity (Wildman–Crippen MR) is 72.3 cm³/mol. The molecule has 0 N–H and O–H groups in total. The number of nitrogens with zero attached hydrogens (tertiary/aromatic N) is 3. The maximum atomic E-state index is 12.2. The number of aryl methyl sites for hydroxylation is 1. The van der Waals surface area contributed by atoms with Crippen LogP contribution < -0.4 is 4.74 Å². The van der Waals surface area contributed by atoms with Gasteiger partial charge in [-0.25, -0.2) is 9.50 Å². The number of hydrogen-bond donors (Lipinski definition) is 0. The quantitative estimate of drug-likeness (QED) is 0.738. The Hall–Kier alpha value is -2.02. The number of benzene rings is 1. The number of hydrogen-bond acceptors (Lipinski definition) is 4. The van der Waals surface area contributed by atoms with Crippen LogP contribution in [0.25, 0.3) is 16.2 Å². The maximum absolute atomic E-state index is 12.2. The molecule has 3 aromatic rings. The van der Waals surface area contributed by atoms with Crippen LogP contribution in [0.5, 0.6) is 5.75 Å². The number of alkyl halides is 2. The zero-order chi connectivity index (χ0) is 14.1. The van der Waals surface area contributed by atoms with Gasteiger partial charge >= 0.3 is 6.61 Å². The molecular weight excluding hydrogens is 284 g/mol. The van der Waals surface area contributed by atoms with E-state index in [9.17, 15) is 8.78 Å². The van der Waals surface area contributed by atoms with Gasteiger partial charge in [0.05, 0.1) is 11.9 Å². The molecule has 3 rings (SSSR count). The summed E-state index contributed by atoms with van der Waals surface area (Å²) in [5.41, 5.74) is 1.41. The fourth-order valence-corrected chi connectivity index (χ4v) is 2.67. The molecule has 2 heterocycles. The molecule has 0 saturated carbocycles. The van der Waals surface area contributed by atoms with Gasteiger partial charge in [0.1, 0.15) is 10.8 Å². The van der Waals surface area contributed by atoms with E-state index < -0.39 is 6.61 Å². The van der Waals surface area contributed by atoms with Crippen molar-refractivity contribution in [2.24, 2.45) is 0 Å². The fraction of sp³-hybridized carbons (Fsp3) is 0.231. The van der Waals surface area contributed by atoms with Crippen LogP contribution in [0.2, 0.25) is 0 Å². The Morgan fingerprint density at radius 2 is 2.25 bits per heavy atom. The number of aromatic nitrogens is 3. The van der Waals surface area contributed by atoms with Crippen molar-refractivity contribution >= 4 is 16.3 Å². The molecule has 0 saturated heterocycles. The van der Waals surface area contributed by atoms with Gasteiger partial charge < -0.3 is 4.74 Å². The molecular formula is C13H11F2N3OS. The first-order valence-corrected chi connectivity index (χ1v) is 6.87. The lowest BCUT2D eigenvalue weighted by molar-refractivity contribution is -0.0498. The van der Waals surface area contributed by atoms with Gasteiger partial charge in [0, 0.05) is 5.56 Å². The molecule has 0 aliphatic carbocycles. The van der Waals surface area contributed by atoms with Crippen LogP contribution >= 0.6 is 11.3 Å². The second-order valence-electron chi connectivity index (χ2n) is 4.11. The summed E-state index contributed by atoms with van der Waals surface area (Å²) in [4.78, 5) is 5.24. The van der Waals surface area contributed by atoms with Crippen molar-refractivity contribution in [2.45, 2.75) is 20.0 Å². The minimum absolute atomic E-state index is 0.121. The number of fused-ring (bicyclic) bond motifs is 1. The molecule has 0 bridgehead atoms. The molecule has 0 unspecified atom stereocenters. The van der Waals surface area contributed by atoms with E-state index in [0.717, 1.165) is 22.0 Å². The summed E-state index contributed by atoms with van der Waals surface area (Å²) in [5, 5.41) is 5.38. The zero-order valence-electron chi connectivity index (χ0n) is 10.6. The van der Waals surface area contributed by atoms with E-state index in [2.05, 4.69) is 14.8 Å². The monoisotopic (exact) mass is 295 g/mol. The van der Waals surface area contributed by atoms with Crippen molar-refractivity contribution in [1.82, 2.24) is 14.6 Å². The standard InChI is InChI=1S/C13H11F2N3OS/c1-2-11-17-18-7-10(16-13(18)20-11)8-4-3-5-9(6-8)19-12(14)15/h3-7,12H,2H2,1H3. The zero-order valence-corrected chi connectivity index (χ0v) is 11.4. The Morgan fingerprint density at radius 3 is 2.95 bits per heavy atom. The van der Waals surface area contributed by atoms with Gasteiger partial charge in [0.25, 0.3) is 0 Å². The second-order valence-corrected chi connectivity index (χ2v) is 5.15. The molecule has 0 atom stereocenters. The molecule has 2 aromatic heterocycles. The number of rotatable bonds is 4. The Bertz CT molecular complexity index is 707. The molecule has 1 aromatic carbocycles. The van der Waals surface area contributed by atoms with Crippen LogP contribution in [0.4, 0.5) is 8.78 Å². The Labute approximate surface area is 117 Å². The average molecular weight is 295 g/mol. The third kappa shape index (κ3) is 2.49. The van der Waals surface area contributed by atoms with Crippen molar-refractivity contribution < 1.29 is 13.5 Å². The first-order valence-electron chi connectivity index (χ1n) is 6.06. The summed E-state index contributed by atoms with van der Waals surface area (Å²) in [6.45, 7) is -0.797. The molecule has 0 amide bonds. The van der Waals surface area contributed by atoms with Gasteiger partial charge in [-0.2, -0.15) is 13.9 Å². The first-order chi connectivity index (χ1) is 9.65. The summed E-state index contributed by atoms with van der Waals surface area (Å²) in [5.74, 6) is 0.121. The highest BCUT2D eigenvalue weighted by Crippen LogP contribution is 2.26. The third-order valence-electron chi connectivity index (χ3n) is 2.74. The Kier molecular flexibility index (Phi) is 3.35. The van der Waals surface area contributed by atoms with Crippen molar-refractivity contribution in [3.8, 4) is 17.0 Å². The van der Waals surface area contributed by atoms with Crippen LogP contribution in [-0.2, 0) is 6.42 Å². The largest absolute Gasteiger partial charge is 0.435 e. The molecule has 20 heavy (non-hydrogen) atoms. The highest BCUT2D eigenvalue weighted by atomic mass is 32.1. The van der Waals surface area contributed by atoms with Gasteiger partial charge in [-0.1, -0.05) is 30.4 Å². The smallest absolute Gasteiger partial charge is 0.387 e. The van der Waals surface area contributed by atoms with Gasteiger partial charge in [0.2, 0.25) is 4.96 Å². The van der Waals surface area contributed by atoms with Gasteiger partial charge in [0.15, 0.2) is 0 Å². The van der Waals surface area contributed by atoms with Crippen LogP contribution in [0.3, 0.4) is 0 Å². The van der Waals surface area contributed by atoms with E-state index in [1.807, 2.05) is 6.92 Å². The summed E-state index contributed by atoms with van der Waals surface area (Å²) in [6, 6.07) is 6.48. The molecule has 0 fully saturated rings. The normalized spacial score (nSPS) is 11.4. The van der Waals surface area contributed by atoms with E-state index in [1.54, 1.807) is 28.9 Å². The summed E-state index contributed by atoms with van der Waals surface area (Å²) < 4.78 is 30.5. The molecule has 0 aliphatic heterocycles. The predicted octanol–water partition coefficient (Wildman–Crippen LogP) is 3.62. The van der Waals surface area contributed by atoms with Crippen LogP contribution in [0, 0.1) is 0 Å². The van der Waals surface area contributed by atoms with Gasteiger partial charge in [-0.3, -0.25) is 0 Å². The maximum Gasteiger partial charge on any atom is 0.387 e. The van der Waals surface area contributed by atoms with E-state index >= 15 is 0 Å². The highest BCUT2D eigenvalue weighted by Gasteiger charge is 2.10. The first kappa shape index (κ1) is 13.0. The van der Waals surface area contributed by atoms with E-state index in [1.165, 1.54) is 17.4 Å². The average Bonchev–Trinajstić information content (AvgIpc) is 2.95. The lowest BCUT2D eigenvalue weighted by Crippen LogP contribution is -2.01. The Balaban J connectivity index is 1.95. The molecule has 104 valence electrons.